The fraction of sp³-hybridized carbons (Fsp3) is 0.588. The van der Waals surface area contributed by atoms with Gasteiger partial charge in [-0.05, 0) is 29.9 Å². The Balaban J connectivity index is 0.00000312. The summed E-state index contributed by atoms with van der Waals surface area (Å²) in [5.74, 6) is 2.15. The van der Waals surface area contributed by atoms with Crippen LogP contribution in [0, 0.1) is 11.8 Å². The highest BCUT2D eigenvalue weighted by Gasteiger charge is 2.24. The summed E-state index contributed by atoms with van der Waals surface area (Å²) in [6, 6.07) is 7.40. The van der Waals surface area contributed by atoms with Crippen LogP contribution in [0.1, 0.15) is 25.8 Å². The molecular formula is C17H29IN4O2S. The molecule has 0 bridgehead atoms. The number of sulfonamides is 1. The minimum atomic E-state index is -3.30. The van der Waals surface area contributed by atoms with Crippen molar-refractivity contribution in [3.05, 3.63) is 29.8 Å². The Morgan fingerprint density at radius 2 is 1.84 bits per heavy atom. The number of rotatable bonds is 4. The van der Waals surface area contributed by atoms with Gasteiger partial charge in [0.05, 0.1) is 11.9 Å². The van der Waals surface area contributed by atoms with Gasteiger partial charge in [-0.1, -0.05) is 32.0 Å². The van der Waals surface area contributed by atoms with E-state index in [-0.39, 0.29) is 24.0 Å². The predicted molar refractivity (Wildman–Crippen MR) is 115 cm³/mol. The molecule has 8 heteroatoms. The van der Waals surface area contributed by atoms with Gasteiger partial charge in [-0.2, -0.15) is 0 Å². The molecule has 0 aliphatic carbocycles. The number of halogens is 1. The zero-order valence-corrected chi connectivity index (χ0v) is 18.5. The van der Waals surface area contributed by atoms with E-state index in [1.165, 1.54) is 6.42 Å². The Kier molecular flexibility index (Phi) is 8.46. The van der Waals surface area contributed by atoms with Crippen molar-refractivity contribution in [3.63, 3.8) is 0 Å². The molecule has 1 aliphatic rings. The summed E-state index contributed by atoms with van der Waals surface area (Å²) < 4.78 is 25.6. The lowest BCUT2D eigenvalue weighted by molar-refractivity contribution is 0.208. The molecular weight excluding hydrogens is 451 g/mol. The number of piperidine rings is 1. The van der Waals surface area contributed by atoms with Gasteiger partial charge in [-0.15, -0.1) is 24.0 Å². The highest BCUT2D eigenvalue weighted by molar-refractivity contribution is 14.0. The number of nitrogens with zero attached hydrogens (tertiary/aromatic N) is 2. The van der Waals surface area contributed by atoms with Gasteiger partial charge in [0.1, 0.15) is 0 Å². The maximum Gasteiger partial charge on any atom is 0.229 e. The Labute approximate surface area is 168 Å². The summed E-state index contributed by atoms with van der Waals surface area (Å²) in [5.41, 5.74) is 1.49. The van der Waals surface area contributed by atoms with Crippen molar-refractivity contribution in [2.45, 2.75) is 26.8 Å². The summed E-state index contributed by atoms with van der Waals surface area (Å²) in [4.78, 5) is 6.68. The second-order valence-electron chi connectivity index (χ2n) is 6.78. The van der Waals surface area contributed by atoms with Gasteiger partial charge in [-0.3, -0.25) is 9.71 Å². The maximum atomic E-state index is 11.5. The average molecular weight is 480 g/mol. The summed E-state index contributed by atoms with van der Waals surface area (Å²) in [6.07, 6.45) is 2.40. The molecule has 1 fully saturated rings. The van der Waals surface area contributed by atoms with Crippen LogP contribution in [0.15, 0.2) is 29.3 Å². The lowest BCUT2D eigenvalue weighted by Gasteiger charge is -2.37. The quantitative estimate of drug-likeness (QED) is 0.395. The van der Waals surface area contributed by atoms with Crippen molar-refractivity contribution in [1.82, 2.24) is 10.2 Å². The molecule has 142 valence electrons. The third-order valence-electron chi connectivity index (χ3n) is 4.13. The van der Waals surface area contributed by atoms with E-state index >= 15 is 0 Å². The maximum absolute atomic E-state index is 11.5. The molecule has 25 heavy (non-hydrogen) atoms. The molecule has 2 unspecified atom stereocenters. The number of hydrogen-bond donors (Lipinski definition) is 2. The lowest BCUT2D eigenvalue weighted by atomic mass is 9.92. The number of anilines is 1. The molecule has 0 saturated carbocycles. The second kappa shape index (κ2) is 9.61. The molecule has 2 atom stereocenters. The third kappa shape index (κ3) is 7.01. The minimum absolute atomic E-state index is 0. The van der Waals surface area contributed by atoms with Gasteiger partial charge < -0.3 is 10.2 Å². The number of aliphatic imine (C=N–C) groups is 1. The smallest absolute Gasteiger partial charge is 0.229 e. The van der Waals surface area contributed by atoms with E-state index in [9.17, 15) is 8.42 Å². The van der Waals surface area contributed by atoms with Crippen LogP contribution in [0.4, 0.5) is 5.69 Å². The second-order valence-corrected chi connectivity index (χ2v) is 8.53. The largest absolute Gasteiger partial charge is 0.352 e. The minimum Gasteiger partial charge on any atom is -0.352 e. The monoisotopic (exact) mass is 480 g/mol. The molecule has 0 spiro atoms. The van der Waals surface area contributed by atoms with E-state index in [1.807, 2.05) is 18.2 Å². The van der Waals surface area contributed by atoms with E-state index in [0.717, 1.165) is 30.9 Å². The molecule has 6 nitrogen and oxygen atoms in total. The van der Waals surface area contributed by atoms with Gasteiger partial charge in [0.15, 0.2) is 5.96 Å². The molecule has 1 aliphatic heterocycles. The van der Waals surface area contributed by atoms with Crippen LogP contribution in [0.2, 0.25) is 0 Å². The first-order chi connectivity index (χ1) is 11.3. The molecule has 1 aromatic rings. The number of benzene rings is 1. The molecule has 0 amide bonds. The third-order valence-corrected chi connectivity index (χ3v) is 4.72. The number of likely N-dealkylation sites (tertiary alicyclic amines) is 1. The first kappa shape index (κ1) is 22.0. The zero-order valence-electron chi connectivity index (χ0n) is 15.3. The van der Waals surface area contributed by atoms with Crippen molar-refractivity contribution in [3.8, 4) is 0 Å². The Bertz CT molecular complexity index is 684. The van der Waals surface area contributed by atoms with Gasteiger partial charge in [-0.25, -0.2) is 8.42 Å². The normalized spacial score (nSPS) is 21.4. The molecule has 1 heterocycles. The van der Waals surface area contributed by atoms with Crippen molar-refractivity contribution in [2.24, 2.45) is 16.8 Å². The van der Waals surface area contributed by atoms with Crippen molar-refractivity contribution in [2.75, 3.05) is 31.1 Å². The van der Waals surface area contributed by atoms with E-state index in [4.69, 9.17) is 0 Å². The summed E-state index contributed by atoms with van der Waals surface area (Å²) in [5, 5.41) is 3.36. The first-order valence-electron chi connectivity index (χ1n) is 8.29. The molecule has 0 radical (unpaired) electrons. The number of guanidine groups is 1. The van der Waals surface area contributed by atoms with E-state index < -0.39 is 10.0 Å². The van der Waals surface area contributed by atoms with Gasteiger partial charge in [0.25, 0.3) is 0 Å². The lowest BCUT2D eigenvalue weighted by Crippen LogP contribution is -2.48. The van der Waals surface area contributed by atoms with Crippen LogP contribution < -0.4 is 10.0 Å². The Morgan fingerprint density at radius 3 is 2.40 bits per heavy atom. The van der Waals surface area contributed by atoms with Crippen LogP contribution >= 0.6 is 24.0 Å². The standard InChI is InChI=1S/C17H28N4O2S.HI/c1-13-9-14(2)12-21(11-13)17(18-3)19-10-15-7-5-6-8-16(15)20-24(4,22)23;/h5-8,13-14,20H,9-12H2,1-4H3,(H,18,19);1H. The molecule has 1 aromatic carbocycles. The van der Waals surface area contributed by atoms with Gasteiger partial charge in [0.2, 0.25) is 10.0 Å². The van der Waals surface area contributed by atoms with Crippen LogP contribution in [-0.2, 0) is 16.6 Å². The Hall–Kier alpha value is -1.03. The number of hydrogen-bond acceptors (Lipinski definition) is 3. The van der Waals surface area contributed by atoms with Crippen molar-refractivity contribution >= 4 is 45.6 Å². The first-order valence-corrected chi connectivity index (χ1v) is 10.2. The predicted octanol–water partition coefficient (Wildman–Crippen LogP) is 2.73. The number of nitrogens with one attached hydrogen (secondary N) is 2. The highest BCUT2D eigenvalue weighted by atomic mass is 127. The summed E-state index contributed by atoms with van der Waals surface area (Å²) >= 11 is 0. The van der Waals surface area contributed by atoms with Gasteiger partial charge >= 0.3 is 0 Å². The van der Waals surface area contributed by atoms with E-state index in [1.54, 1.807) is 13.1 Å². The van der Waals surface area contributed by atoms with Crippen LogP contribution in [0.5, 0.6) is 0 Å². The molecule has 2 rings (SSSR count). The average Bonchev–Trinajstić information content (AvgIpc) is 2.47. The van der Waals surface area contributed by atoms with Crippen LogP contribution in [0.3, 0.4) is 0 Å². The van der Waals surface area contributed by atoms with E-state index in [0.29, 0.717) is 24.1 Å². The molecule has 1 saturated heterocycles. The highest BCUT2D eigenvalue weighted by Crippen LogP contribution is 2.21. The van der Waals surface area contributed by atoms with Crippen LogP contribution in [0.25, 0.3) is 0 Å². The summed E-state index contributed by atoms with van der Waals surface area (Å²) in [6.45, 7) is 7.04. The zero-order chi connectivity index (χ0) is 17.7. The van der Waals surface area contributed by atoms with Crippen LogP contribution in [-0.4, -0.2) is 45.7 Å². The molecule has 2 N–H and O–H groups in total. The van der Waals surface area contributed by atoms with Crippen molar-refractivity contribution in [1.29, 1.82) is 0 Å². The van der Waals surface area contributed by atoms with E-state index in [2.05, 4.69) is 33.8 Å². The SMILES string of the molecule is CN=C(NCc1ccccc1NS(C)(=O)=O)N1CC(C)CC(C)C1.I. The summed E-state index contributed by atoms with van der Waals surface area (Å²) in [7, 11) is -1.51. The topological polar surface area (TPSA) is 73.8 Å². The Morgan fingerprint density at radius 1 is 1.24 bits per heavy atom. The fourth-order valence-corrected chi connectivity index (χ4v) is 3.91. The van der Waals surface area contributed by atoms with Gasteiger partial charge in [0, 0.05) is 26.7 Å². The molecule has 0 aromatic heterocycles. The fourth-order valence-electron chi connectivity index (χ4n) is 3.32. The van der Waals surface area contributed by atoms with Crippen molar-refractivity contribution < 1.29 is 8.42 Å². The number of para-hydroxylation sites is 1.